The summed E-state index contributed by atoms with van der Waals surface area (Å²) in [7, 11) is 0. The van der Waals surface area contributed by atoms with Crippen molar-refractivity contribution >= 4 is 17.9 Å². The van der Waals surface area contributed by atoms with E-state index in [4.69, 9.17) is 18.9 Å². The fraction of sp³-hybridized carbons (Fsp3) is 0.400. The van der Waals surface area contributed by atoms with Crippen molar-refractivity contribution in [3.63, 3.8) is 0 Å². The summed E-state index contributed by atoms with van der Waals surface area (Å²) >= 11 is 0. The first-order chi connectivity index (χ1) is 11.0. The lowest BCUT2D eigenvalue weighted by atomic mass is 10.1. The molecular weight excluding hydrogens is 308 g/mol. The predicted molar refractivity (Wildman–Crippen MR) is 77.1 cm³/mol. The highest BCUT2D eigenvalue weighted by Crippen LogP contribution is 2.25. The molecular formula is C15H18O8. The number of rotatable bonds is 8. The molecule has 0 unspecified atom stereocenters. The van der Waals surface area contributed by atoms with Crippen molar-refractivity contribution < 1.29 is 38.4 Å². The number of carbonyl (C=O) groups is 3. The van der Waals surface area contributed by atoms with E-state index < -0.39 is 48.9 Å². The molecule has 0 aromatic carbocycles. The van der Waals surface area contributed by atoms with Crippen molar-refractivity contribution in [3.8, 4) is 0 Å². The average Bonchev–Trinajstić information content (AvgIpc) is 2.94. The number of hydrogen-bond donors (Lipinski definition) is 1. The summed E-state index contributed by atoms with van der Waals surface area (Å²) in [6, 6.07) is 0. The lowest BCUT2D eigenvalue weighted by Gasteiger charge is -2.27. The quantitative estimate of drug-likeness (QED) is 0.367. The van der Waals surface area contributed by atoms with Crippen molar-refractivity contribution in [2.45, 2.75) is 24.4 Å². The molecule has 8 heteroatoms. The third-order valence-electron chi connectivity index (χ3n) is 2.98. The molecule has 0 radical (unpaired) electrons. The number of carbonyl (C=O) groups excluding carboxylic acids is 3. The maximum atomic E-state index is 11.5. The summed E-state index contributed by atoms with van der Waals surface area (Å²) in [5.41, 5.74) is 0. The molecule has 4 atom stereocenters. The third kappa shape index (κ3) is 5.04. The first kappa shape index (κ1) is 18.6. The van der Waals surface area contributed by atoms with Crippen molar-refractivity contribution in [1.29, 1.82) is 0 Å². The molecule has 126 valence electrons. The van der Waals surface area contributed by atoms with Gasteiger partial charge in [-0.05, 0) is 0 Å². The maximum absolute atomic E-state index is 11.5. The van der Waals surface area contributed by atoms with E-state index in [0.29, 0.717) is 0 Å². The van der Waals surface area contributed by atoms with E-state index >= 15 is 0 Å². The van der Waals surface area contributed by atoms with Crippen LogP contribution in [0.25, 0.3) is 0 Å². The molecule has 0 spiro atoms. The fourth-order valence-electron chi connectivity index (χ4n) is 1.96. The summed E-state index contributed by atoms with van der Waals surface area (Å²) in [5.74, 6) is -2.30. The highest BCUT2D eigenvalue weighted by Gasteiger charge is 2.47. The molecule has 1 rings (SSSR count). The average molecular weight is 326 g/mol. The molecule has 0 aromatic heterocycles. The Morgan fingerprint density at radius 3 is 2.17 bits per heavy atom. The van der Waals surface area contributed by atoms with Crippen molar-refractivity contribution in [1.82, 2.24) is 0 Å². The van der Waals surface area contributed by atoms with E-state index in [9.17, 15) is 19.5 Å². The van der Waals surface area contributed by atoms with Crippen LogP contribution in [0.5, 0.6) is 0 Å². The number of aliphatic hydroxyl groups is 1. The van der Waals surface area contributed by atoms with Crippen LogP contribution >= 0.6 is 0 Å². The van der Waals surface area contributed by atoms with Crippen LogP contribution in [-0.2, 0) is 33.3 Å². The molecule has 0 bridgehead atoms. The predicted octanol–water partition coefficient (Wildman–Crippen LogP) is -0.329. The Hall–Kier alpha value is -2.45. The Kier molecular flexibility index (Phi) is 7.17. The summed E-state index contributed by atoms with van der Waals surface area (Å²) in [4.78, 5) is 34.1. The molecule has 1 fully saturated rings. The first-order valence-electron chi connectivity index (χ1n) is 6.68. The number of esters is 3. The monoisotopic (exact) mass is 326 g/mol. The minimum Gasteiger partial charge on any atom is -0.454 e. The zero-order valence-electron chi connectivity index (χ0n) is 12.4. The second kappa shape index (κ2) is 8.86. The highest BCUT2D eigenvalue weighted by molar-refractivity contribution is 5.82. The van der Waals surface area contributed by atoms with E-state index in [1.54, 1.807) is 0 Å². The van der Waals surface area contributed by atoms with Gasteiger partial charge in [-0.15, -0.1) is 0 Å². The number of ether oxygens (including phenoxy) is 4. The van der Waals surface area contributed by atoms with Gasteiger partial charge in [0.25, 0.3) is 0 Å². The minimum absolute atomic E-state index is 0.110. The molecule has 0 saturated carbocycles. The SMILES string of the molecule is C=CC(=O)O[C@H]1[C@@H]([C@@H](CO)OC(=O)C=C)OC[C@@H]1OC(=O)C=C. The smallest absolute Gasteiger partial charge is 0.330 e. The standard InChI is InChI=1S/C15H18O8/c1-4-11(17)21-9(7-16)14-15(23-13(19)6-3)10(8-20-14)22-12(18)5-2/h4-6,9-10,14-16H,1-3,7-8H2/t9-,10+,14-,15-/m1/s1. The minimum atomic E-state index is -1.13. The molecule has 1 saturated heterocycles. The normalized spacial score (nSPS) is 24.1. The topological polar surface area (TPSA) is 108 Å². The third-order valence-corrected chi connectivity index (χ3v) is 2.98. The number of hydrogen-bond acceptors (Lipinski definition) is 8. The van der Waals surface area contributed by atoms with Gasteiger partial charge in [-0.3, -0.25) is 0 Å². The lowest BCUT2D eigenvalue weighted by Crippen LogP contribution is -2.46. The van der Waals surface area contributed by atoms with Gasteiger partial charge in [0.05, 0.1) is 13.2 Å². The second-order valence-corrected chi connectivity index (χ2v) is 4.45. The molecule has 1 aliphatic heterocycles. The van der Waals surface area contributed by atoms with Crippen LogP contribution in [0.4, 0.5) is 0 Å². The van der Waals surface area contributed by atoms with Gasteiger partial charge in [-0.1, -0.05) is 19.7 Å². The van der Waals surface area contributed by atoms with E-state index in [1.807, 2.05) is 0 Å². The zero-order chi connectivity index (χ0) is 17.4. The second-order valence-electron chi connectivity index (χ2n) is 4.45. The van der Waals surface area contributed by atoms with Gasteiger partial charge in [0.1, 0.15) is 6.10 Å². The molecule has 8 nitrogen and oxygen atoms in total. The van der Waals surface area contributed by atoms with Crippen molar-refractivity contribution in [2.75, 3.05) is 13.2 Å². The molecule has 23 heavy (non-hydrogen) atoms. The maximum Gasteiger partial charge on any atom is 0.330 e. The van der Waals surface area contributed by atoms with Gasteiger partial charge in [0.15, 0.2) is 18.3 Å². The van der Waals surface area contributed by atoms with E-state index in [-0.39, 0.29) is 6.61 Å². The Balaban J connectivity index is 2.93. The van der Waals surface area contributed by atoms with Crippen LogP contribution in [0.3, 0.4) is 0 Å². The Morgan fingerprint density at radius 1 is 1.09 bits per heavy atom. The zero-order valence-corrected chi connectivity index (χ0v) is 12.4. The largest absolute Gasteiger partial charge is 0.454 e. The van der Waals surface area contributed by atoms with Gasteiger partial charge in [0.2, 0.25) is 0 Å². The van der Waals surface area contributed by atoms with Crippen LogP contribution in [0, 0.1) is 0 Å². The summed E-state index contributed by atoms with van der Waals surface area (Å²) in [5, 5.41) is 9.38. The van der Waals surface area contributed by atoms with Gasteiger partial charge in [-0.2, -0.15) is 0 Å². The molecule has 0 aliphatic carbocycles. The first-order valence-corrected chi connectivity index (χ1v) is 6.68. The molecule has 0 amide bonds. The molecule has 1 heterocycles. The molecule has 1 aliphatic rings. The van der Waals surface area contributed by atoms with Gasteiger partial charge in [0, 0.05) is 18.2 Å². The van der Waals surface area contributed by atoms with Crippen molar-refractivity contribution in [3.05, 3.63) is 38.0 Å². The molecule has 1 N–H and O–H groups in total. The Labute approximate surface area is 133 Å². The summed E-state index contributed by atoms with van der Waals surface area (Å²) in [6.07, 6.45) is -1.39. The van der Waals surface area contributed by atoms with Crippen LogP contribution < -0.4 is 0 Å². The van der Waals surface area contributed by atoms with E-state index in [0.717, 1.165) is 18.2 Å². The van der Waals surface area contributed by atoms with Crippen LogP contribution in [0.1, 0.15) is 0 Å². The number of aliphatic hydroxyl groups excluding tert-OH is 1. The van der Waals surface area contributed by atoms with Crippen LogP contribution in [0.15, 0.2) is 38.0 Å². The van der Waals surface area contributed by atoms with Crippen LogP contribution in [-0.4, -0.2) is 60.6 Å². The Morgan fingerprint density at radius 2 is 1.65 bits per heavy atom. The van der Waals surface area contributed by atoms with E-state index in [1.165, 1.54) is 0 Å². The van der Waals surface area contributed by atoms with Crippen LogP contribution in [0.2, 0.25) is 0 Å². The summed E-state index contributed by atoms with van der Waals surface area (Å²) in [6.45, 7) is 9.08. The Bertz CT molecular complexity index is 498. The lowest BCUT2D eigenvalue weighted by molar-refractivity contribution is -0.168. The van der Waals surface area contributed by atoms with Crippen molar-refractivity contribution in [2.24, 2.45) is 0 Å². The van der Waals surface area contributed by atoms with E-state index in [2.05, 4.69) is 19.7 Å². The summed E-state index contributed by atoms with van der Waals surface area (Å²) < 4.78 is 20.5. The van der Waals surface area contributed by atoms with Gasteiger partial charge >= 0.3 is 17.9 Å². The van der Waals surface area contributed by atoms with Gasteiger partial charge in [-0.25, -0.2) is 14.4 Å². The highest BCUT2D eigenvalue weighted by atomic mass is 16.6. The fourth-order valence-corrected chi connectivity index (χ4v) is 1.96. The molecule has 0 aromatic rings. The van der Waals surface area contributed by atoms with Gasteiger partial charge < -0.3 is 24.1 Å².